The van der Waals surface area contributed by atoms with Crippen LogP contribution < -0.4 is 5.32 Å². The Hall–Kier alpha value is -1.58. The largest absolute Gasteiger partial charge is 0.345 e. The maximum Gasteiger partial charge on any atom is 0.251 e. The van der Waals surface area contributed by atoms with Gasteiger partial charge in [-0.05, 0) is 48.9 Å². The van der Waals surface area contributed by atoms with Crippen molar-refractivity contribution in [3.05, 3.63) is 69.5 Å². The summed E-state index contributed by atoms with van der Waals surface area (Å²) in [5.74, 6) is -0.668. The molecule has 104 valence electrons. The van der Waals surface area contributed by atoms with E-state index < -0.39 is 0 Å². The average molecular weight is 312 g/mol. The number of hydrogen-bond acceptors (Lipinski definition) is 1. The molecule has 20 heavy (non-hydrogen) atoms. The molecule has 0 heterocycles. The van der Waals surface area contributed by atoms with Crippen molar-refractivity contribution in [2.24, 2.45) is 0 Å². The van der Waals surface area contributed by atoms with Gasteiger partial charge in [-0.1, -0.05) is 29.3 Å². The molecule has 0 saturated heterocycles. The Morgan fingerprint density at radius 1 is 1.15 bits per heavy atom. The molecular formula is C15H12Cl2FNO. The molecule has 1 atom stereocenters. The third kappa shape index (κ3) is 3.50. The number of rotatable bonds is 3. The van der Waals surface area contributed by atoms with Gasteiger partial charge in [0.15, 0.2) is 0 Å². The number of nitrogens with one attached hydrogen (secondary N) is 1. The highest BCUT2D eigenvalue weighted by Gasteiger charge is 2.14. The molecule has 0 aliphatic carbocycles. The Labute approximate surface area is 126 Å². The molecule has 0 radical (unpaired) electrons. The fourth-order valence-electron chi connectivity index (χ4n) is 1.81. The summed E-state index contributed by atoms with van der Waals surface area (Å²) in [6, 6.07) is 10.2. The van der Waals surface area contributed by atoms with Crippen molar-refractivity contribution >= 4 is 29.1 Å². The molecule has 2 rings (SSSR count). The number of halogens is 3. The van der Waals surface area contributed by atoms with E-state index in [1.54, 1.807) is 18.2 Å². The summed E-state index contributed by atoms with van der Waals surface area (Å²) < 4.78 is 12.8. The molecule has 0 aliphatic rings. The smallest absolute Gasteiger partial charge is 0.251 e. The SMILES string of the molecule is C[C@@H](NC(=O)c1ccc(F)cc1)c1ccc(Cl)cc1Cl. The minimum absolute atomic E-state index is 0.280. The van der Waals surface area contributed by atoms with Gasteiger partial charge < -0.3 is 5.32 Å². The van der Waals surface area contributed by atoms with Crippen LogP contribution in [-0.4, -0.2) is 5.91 Å². The van der Waals surface area contributed by atoms with Crippen molar-refractivity contribution in [2.75, 3.05) is 0 Å². The normalized spacial score (nSPS) is 12.0. The van der Waals surface area contributed by atoms with Crippen molar-refractivity contribution in [1.82, 2.24) is 5.32 Å². The van der Waals surface area contributed by atoms with E-state index >= 15 is 0 Å². The molecule has 0 unspecified atom stereocenters. The molecular weight excluding hydrogens is 300 g/mol. The van der Waals surface area contributed by atoms with E-state index in [1.807, 2.05) is 6.92 Å². The molecule has 2 nitrogen and oxygen atoms in total. The molecule has 0 fully saturated rings. The van der Waals surface area contributed by atoms with E-state index in [9.17, 15) is 9.18 Å². The summed E-state index contributed by atoms with van der Waals surface area (Å²) in [5.41, 5.74) is 1.16. The lowest BCUT2D eigenvalue weighted by atomic mass is 10.1. The highest BCUT2D eigenvalue weighted by atomic mass is 35.5. The molecule has 1 amide bonds. The van der Waals surface area contributed by atoms with Gasteiger partial charge in [0, 0.05) is 15.6 Å². The number of hydrogen-bond donors (Lipinski definition) is 1. The van der Waals surface area contributed by atoms with E-state index in [2.05, 4.69) is 5.32 Å². The van der Waals surface area contributed by atoms with Crippen LogP contribution in [0, 0.1) is 5.82 Å². The minimum Gasteiger partial charge on any atom is -0.345 e. The van der Waals surface area contributed by atoms with E-state index in [1.165, 1.54) is 24.3 Å². The molecule has 5 heteroatoms. The second kappa shape index (κ2) is 6.25. The number of carbonyl (C=O) groups excluding carboxylic acids is 1. The summed E-state index contributed by atoms with van der Waals surface area (Å²) in [6.07, 6.45) is 0. The van der Waals surface area contributed by atoms with Crippen molar-refractivity contribution < 1.29 is 9.18 Å². The Morgan fingerprint density at radius 3 is 2.40 bits per heavy atom. The summed E-state index contributed by atoms with van der Waals surface area (Å²) in [5, 5.41) is 3.83. The zero-order chi connectivity index (χ0) is 14.7. The van der Waals surface area contributed by atoms with Crippen LogP contribution in [0.1, 0.15) is 28.9 Å². The van der Waals surface area contributed by atoms with Crippen LogP contribution in [-0.2, 0) is 0 Å². The lowest BCUT2D eigenvalue weighted by Gasteiger charge is -2.16. The molecule has 1 N–H and O–H groups in total. The van der Waals surface area contributed by atoms with Gasteiger partial charge in [-0.25, -0.2) is 4.39 Å². The number of amides is 1. The molecule has 0 bridgehead atoms. The third-order valence-corrected chi connectivity index (χ3v) is 3.45. The van der Waals surface area contributed by atoms with Crippen LogP contribution in [0.4, 0.5) is 4.39 Å². The Kier molecular flexibility index (Phi) is 4.63. The van der Waals surface area contributed by atoms with Gasteiger partial charge in [-0.15, -0.1) is 0 Å². The monoisotopic (exact) mass is 311 g/mol. The van der Waals surface area contributed by atoms with Gasteiger partial charge in [-0.2, -0.15) is 0 Å². The Bertz CT molecular complexity index is 628. The Balaban J connectivity index is 2.12. The molecule has 2 aromatic carbocycles. The lowest BCUT2D eigenvalue weighted by molar-refractivity contribution is 0.0940. The first-order chi connectivity index (χ1) is 9.47. The zero-order valence-electron chi connectivity index (χ0n) is 10.7. The quantitative estimate of drug-likeness (QED) is 0.880. The van der Waals surface area contributed by atoms with Crippen molar-refractivity contribution in [1.29, 1.82) is 0 Å². The molecule has 2 aromatic rings. The molecule has 0 aromatic heterocycles. The number of benzene rings is 2. The van der Waals surface area contributed by atoms with Crippen LogP contribution >= 0.6 is 23.2 Å². The standard InChI is InChI=1S/C15H12Cl2FNO/c1-9(13-7-4-11(16)8-14(13)17)19-15(20)10-2-5-12(18)6-3-10/h2-9H,1H3,(H,19,20)/t9-/m1/s1. The van der Waals surface area contributed by atoms with Crippen molar-refractivity contribution in [3.63, 3.8) is 0 Å². The fourth-order valence-corrected chi connectivity index (χ4v) is 2.38. The van der Waals surface area contributed by atoms with E-state index in [0.29, 0.717) is 15.6 Å². The highest BCUT2D eigenvalue weighted by Crippen LogP contribution is 2.26. The van der Waals surface area contributed by atoms with Crippen LogP contribution in [0.2, 0.25) is 10.0 Å². The van der Waals surface area contributed by atoms with Crippen LogP contribution in [0.15, 0.2) is 42.5 Å². The first kappa shape index (κ1) is 14.8. The average Bonchev–Trinajstić information content (AvgIpc) is 2.39. The van der Waals surface area contributed by atoms with E-state index in [0.717, 1.165) is 5.56 Å². The third-order valence-electron chi connectivity index (χ3n) is 2.88. The summed E-state index contributed by atoms with van der Waals surface area (Å²) in [6.45, 7) is 1.82. The highest BCUT2D eigenvalue weighted by molar-refractivity contribution is 6.35. The van der Waals surface area contributed by atoms with Crippen LogP contribution in [0.5, 0.6) is 0 Å². The maximum absolute atomic E-state index is 12.8. The van der Waals surface area contributed by atoms with Gasteiger partial charge in [0.05, 0.1) is 6.04 Å². The summed E-state index contributed by atoms with van der Waals surface area (Å²) >= 11 is 11.9. The second-order valence-corrected chi connectivity index (χ2v) is 5.21. The first-order valence-electron chi connectivity index (χ1n) is 5.99. The maximum atomic E-state index is 12.8. The van der Waals surface area contributed by atoms with Crippen LogP contribution in [0.3, 0.4) is 0 Å². The van der Waals surface area contributed by atoms with E-state index in [-0.39, 0.29) is 17.8 Å². The van der Waals surface area contributed by atoms with Gasteiger partial charge in [0.2, 0.25) is 0 Å². The topological polar surface area (TPSA) is 29.1 Å². The van der Waals surface area contributed by atoms with Gasteiger partial charge in [0.25, 0.3) is 5.91 Å². The van der Waals surface area contributed by atoms with Gasteiger partial charge >= 0.3 is 0 Å². The van der Waals surface area contributed by atoms with Crippen molar-refractivity contribution in [3.8, 4) is 0 Å². The predicted octanol–water partition coefficient (Wildman–Crippen LogP) is 4.62. The zero-order valence-corrected chi connectivity index (χ0v) is 12.2. The summed E-state index contributed by atoms with van der Waals surface area (Å²) in [7, 11) is 0. The summed E-state index contributed by atoms with van der Waals surface area (Å²) in [4.78, 5) is 12.0. The predicted molar refractivity (Wildman–Crippen MR) is 78.7 cm³/mol. The van der Waals surface area contributed by atoms with Crippen LogP contribution in [0.25, 0.3) is 0 Å². The first-order valence-corrected chi connectivity index (χ1v) is 6.74. The lowest BCUT2D eigenvalue weighted by Crippen LogP contribution is -2.26. The fraction of sp³-hybridized carbons (Fsp3) is 0.133. The number of carbonyl (C=O) groups is 1. The minimum atomic E-state index is -0.379. The Morgan fingerprint density at radius 2 is 1.80 bits per heavy atom. The van der Waals surface area contributed by atoms with Gasteiger partial charge in [0.1, 0.15) is 5.82 Å². The molecule has 0 aliphatic heterocycles. The second-order valence-electron chi connectivity index (χ2n) is 4.37. The van der Waals surface area contributed by atoms with E-state index in [4.69, 9.17) is 23.2 Å². The van der Waals surface area contributed by atoms with Gasteiger partial charge in [-0.3, -0.25) is 4.79 Å². The van der Waals surface area contributed by atoms with Crippen molar-refractivity contribution in [2.45, 2.75) is 13.0 Å². The molecule has 0 spiro atoms. The molecule has 0 saturated carbocycles.